The zero-order valence-electron chi connectivity index (χ0n) is 11.7. The highest BCUT2D eigenvalue weighted by molar-refractivity contribution is 7.12. The molecule has 2 heterocycles. The monoisotopic (exact) mass is 291 g/mol. The topological polar surface area (TPSA) is 77.2 Å². The van der Waals surface area contributed by atoms with E-state index >= 15 is 0 Å². The summed E-state index contributed by atoms with van der Waals surface area (Å²) in [5.41, 5.74) is 7.63. The quantitative estimate of drug-likeness (QED) is 0.847. The van der Waals surface area contributed by atoms with Crippen molar-refractivity contribution in [2.75, 3.05) is 18.2 Å². The Morgan fingerprint density at radius 1 is 1.45 bits per heavy atom. The fraction of sp³-hybridized carbons (Fsp3) is 0.286. The van der Waals surface area contributed by atoms with Gasteiger partial charge in [0.2, 0.25) is 0 Å². The summed E-state index contributed by atoms with van der Waals surface area (Å²) in [6.45, 7) is 4.85. The van der Waals surface area contributed by atoms with Crippen molar-refractivity contribution in [3.8, 4) is 0 Å². The maximum Gasteiger partial charge on any atom is 0.340 e. The Labute approximate surface area is 121 Å². The summed E-state index contributed by atoms with van der Waals surface area (Å²) in [5.74, 6) is 0.138. The van der Waals surface area contributed by atoms with Crippen LogP contribution >= 0.6 is 11.3 Å². The van der Waals surface area contributed by atoms with E-state index in [1.807, 2.05) is 0 Å². The standard InChI is InChI=1S/C14H17N3O2S/c1-8-4-10(20-9(8)2)6-16-13-5-11(14(18)19-3)12(15)7-17-13/h4-5,7H,6,15H2,1-3H3,(H,16,17). The first-order chi connectivity index (χ1) is 9.51. The van der Waals surface area contributed by atoms with E-state index in [2.05, 4.69) is 35.0 Å². The van der Waals surface area contributed by atoms with Crippen molar-refractivity contribution in [1.29, 1.82) is 0 Å². The van der Waals surface area contributed by atoms with Gasteiger partial charge in [-0.15, -0.1) is 11.3 Å². The Balaban J connectivity index is 2.12. The van der Waals surface area contributed by atoms with E-state index < -0.39 is 5.97 Å². The molecule has 3 N–H and O–H groups in total. The van der Waals surface area contributed by atoms with Crippen molar-refractivity contribution in [2.45, 2.75) is 20.4 Å². The van der Waals surface area contributed by atoms with Crippen LogP contribution in [0.4, 0.5) is 11.5 Å². The van der Waals surface area contributed by atoms with Gasteiger partial charge in [-0.05, 0) is 31.5 Å². The number of aromatic nitrogens is 1. The summed E-state index contributed by atoms with van der Waals surface area (Å²) in [7, 11) is 1.33. The summed E-state index contributed by atoms with van der Waals surface area (Å²) >= 11 is 1.75. The first-order valence-corrected chi connectivity index (χ1v) is 6.96. The van der Waals surface area contributed by atoms with E-state index in [1.165, 1.54) is 28.6 Å². The molecule has 0 aliphatic rings. The van der Waals surface area contributed by atoms with E-state index in [4.69, 9.17) is 5.73 Å². The number of methoxy groups -OCH3 is 1. The summed E-state index contributed by atoms with van der Waals surface area (Å²) in [5, 5.41) is 3.18. The van der Waals surface area contributed by atoms with Crippen LogP contribution in [-0.4, -0.2) is 18.1 Å². The molecule has 6 heteroatoms. The molecule has 0 saturated carbocycles. The lowest BCUT2D eigenvalue weighted by Crippen LogP contribution is -2.08. The minimum atomic E-state index is -0.462. The molecule has 2 rings (SSSR count). The lowest BCUT2D eigenvalue weighted by molar-refractivity contribution is 0.0602. The van der Waals surface area contributed by atoms with Gasteiger partial charge in [-0.2, -0.15) is 0 Å². The third-order valence-corrected chi connectivity index (χ3v) is 4.15. The number of thiophene rings is 1. The van der Waals surface area contributed by atoms with E-state index in [1.54, 1.807) is 17.4 Å². The predicted octanol–water partition coefficient (Wildman–Crippen LogP) is 2.74. The number of aryl methyl sites for hydroxylation is 2. The largest absolute Gasteiger partial charge is 0.465 e. The number of carbonyl (C=O) groups is 1. The smallest absolute Gasteiger partial charge is 0.340 e. The third kappa shape index (κ3) is 3.08. The molecule has 0 unspecified atom stereocenters. The Morgan fingerprint density at radius 3 is 2.80 bits per heavy atom. The zero-order chi connectivity index (χ0) is 14.7. The average Bonchev–Trinajstić information content (AvgIpc) is 2.76. The number of carbonyl (C=O) groups excluding carboxylic acids is 1. The molecule has 0 bridgehead atoms. The first-order valence-electron chi connectivity index (χ1n) is 6.15. The van der Waals surface area contributed by atoms with Crippen molar-refractivity contribution in [1.82, 2.24) is 4.98 Å². The molecule has 0 radical (unpaired) electrons. The molecule has 2 aromatic rings. The molecular formula is C14H17N3O2S. The van der Waals surface area contributed by atoms with Crippen molar-refractivity contribution in [3.63, 3.8) is 0 Å². The highest BCUT2D eigenvalue weighted by Crippen LogP contribution is 2.22. The molecule has 0 spiro atoms. The second-order valence-electron chi connectivity index (χ2n) is 4.45. The number of nitrogens with two attached hydrogens (primary N) is 1. The van der Waals surface area contributed by atoms with Crippen molar-refractivity contribution >= 4 is 28.8 Å². The van der Waals surface area contributed by atoms with Crippen LogP contribution in [0.2, 0.25) is 0 Å². The summed E-state index contributed by atoms with van der Waals surface area (Å²) < 4.78 is 4.68. The van der Waals surface area contributed by atoms with Crippen molar-refractivity contribution in [3.05, 3.63) is 39.2 Å². The summed E-state index contributed by atoms with van der Waals surface area (Å²) in [6.07, 6.45) is 1.46. The number of nitrogens with zero attached hydrogens (tertiary/aromatic N) is 1. The summed E-state index contributed by atoms with van der Waals surface area (Å²) in [4.78, 5) is 18.2. The van der Waals surface area contributed by atoms with Gasteiger partial charge in [0.05, 0.1) is 31.1 Å². The van der Waals surface area contributed by atoms with Gasteiger partial charge in [-0.1, -0.05) is 0 Å². The molecule has 20 heavy (non-hydrogen) atoms. The fourth-order valence-corrected chi connectivity index (χ4v) is 2.76. The molecule has 0 amide bonds. The maximum atomic E-state index is 11.6. The number of hydrogen-bond acceptors (Lipinski definition) is 6. The van der Waals surface area contributed by atoms with E-state index in [0.717, 1.165) is 0 Å². The van der Waals surface area contributed by atoms with Crippen molar-refractivity contribution in [2.24, 2.45) is 0 Å². The van der Waals surface area contributed by atoms with Crippen LogP contribution in [0.1, 0.15) is 25.7 Å². The minimum absolute atomic E-state index is 0.310. The molecule has 106 valence electrons. The van der Waals surface area contributed by atoms with Gasteiger partial charge < -0.3 is 15.8 Å². The SMILES string of the molecule is COC(=O)c1cc(NCc2cc(C)c(C)s2)ncc1N. The van der Waals surface area contributed by atoms with Gasteiger partial charge in [-0.25, -0.2) is 9.78 Å². The molecule has 0 aliphatic heterocycles. The fourth-order valence-electron chi connectivity index (χ4n) is 1.76. The number of nitrogen functional groups attached to an aromatic ring is 1. The maximum absolute atomic E-state index is 11.6. The van der Waals surface area contributed by atoms with E-state index in [0.29, 0.717) is 23.6 Å². The zero-order valence-corrected chi connectivity index (χ0v) is 12.5. The van der Waals surface area contributed by atoms with Gasteiger partial charge in [0.25, 0.3) is 0 Å². The number of nitrogens with one attached hydrogen (secondary N) is 1. The molecule has 2 aromatic heterocycles. The van der Waals surface area contributed by atoms with Crippen LogP contribution in [-0.2, 0) is 11.3 Å². The Morgan fingerprint density at radius 2 is 2.20 bits per heavy atom. The second kappa shape index (κ2) is 5.92. The van der Waals surface area contributed by atoms with Gasteiger partial charge in [0.1, 0.15) is 5.82 Å². The van der Waals surface area contributed by atoms with Crippen LogP contribution in [0.3, 0.4) is 0 Å². The first kappa shape index (κ1) is 14.3. The number of hydrogen-bond donors (Lipinski definition) is 2. The Kier molecular flexibility index (Phi) is 4.24. The Bertz CT molecular complexity index is 618. The van der Waals surface area contributed by atoms with Gasteiger partial charge in [0, 0.05) is 9.75 Å². The number of pyridine rings is 1. The molecule has 5 nitrogen and oxygen atoms in total. The number of anilines is 2. The lowest BCUT2D eigenvalue weighted by Gasteiger charge is -2.07. The number of ether oxygens (including phenoxy) is 1. The highest BCUT2D eigenvalue weighted by Gasteiger charge is 2.11. The van der Waals surface area contributed by atoms with Crippen LogP contribution < -0.4 is 11.1 Å². The lowest BCUT2D eigenvalue weighted by atomic mass is 10.2. The third-order valence-electron chi connectivity index (χ3n) is 3.00. The van der Waals surface area contributed by atoms with Gasteiger partial charge >= 0.3 is 5.97 Å². The van der Waals surface area contributed by atoms with Crippen LogP contribution in [0.5, 0.6) is 0 Å². The predicted molar refractivity (Wildman–Crippen MR) is 81.1 cm³/mol. The molecular weight excluding hydrogens is 274 g/mol. The van der Waals surface area contributed by atoms with Crippen LogP contribution in [0.25, 0.3) is 0 Å². The van der Waals surface area contributed by atoms with Crippen molar-refractivity contribution < 1.29 is 9.53 Å². The second-order valence-corrected chi connectivity index (χ2v) is 5.79. The average molecular weight is 291 g/mol. The minimum Gasteiger partial charge on any atom is -0.465 e. The van der Waals surface area contributed by atoms with Gasteiger partial charge in [0.15, 0.2) is 0 Å². The molecule has 0 atom stereocenters. The van der Waals surface area contributed by atoms with Crippen LogP contribution in [0.15, 0.2) is 18.3 Å². The molecule has 0 saturated heterocycles. The van der Waals surface area contributed by atoms with E-state index in [-0.39, 0.29) is 0 Å². The molecule has 0 aliphatic carbocycles. The normalized spacial score (nSPS) is 10.3. The molecule has 0 fully saturated rings. The van der Waals surface area contributed by atoms with Crippen LogP contribution in [0, 0.1) is 13.8 Å². The van der Waals surface area contributed by atoms with E-state index in [9.17, 15) is 4.79 Å². The summed E-state index contributed by atoms with van der Waals surface area (Å²) in [6, 6.07) is 3.75. The Hall–Kier alpha value is -2.08. The highest BCUT2D eigenvalue weighted by atomic mass is 32.1. The number of rotatable bonds is 4. The number of esters is 1. The van der Waals surface area contributed by atoms with Gasteiger partial charge in [-0.3, -0.25) is 0 Å². The molecule has 0 aromatic carbocycles.